The summed E-state index contributed by atoms with van der Waals surface area (Å²) in [4.78, 5) is 43.6. The summed E-state index contributed by atoms with van der Waals surface area (Å²) < 4.78 is 11.7. The molecule has 6 atom stereocenters. The lowest BCUT2D eigenvalue weighted by atomic mass is 9.78. The van der Waals surface area contributed by atoms with E-state index in [0.29, 0.717) is 19.5 Å². The second-order valence-corrected chi connectivity index (χ2v) is 8.78. The van der Waals surface area contributed by atoms with Crippen molar-refractivity contribution in [2.75, 3.05) is 26.3 Å². The van der Waals surface area contributed by atoms with E-state index in [9.17, 15) is 19.5 Å². The molecule has 0 radical (unpaired) electrons. The van der Waals surface area contributed by atoms with E-state index >= 15 is 0 Å². The quantitative estimate of drug-likeness (QED) is 0.367. The highest BCUT2D eigenvalue weighted by Crippen LogP contribution is 2.53. The van der Waals surface area contributed by atoms with Crippen LogP contribution in [0.3, 0.4) is 0 Å². The van der Waals surface area contributed by atoms with Gasteiger partial charge in [-0.05, 0) is 18.9 Å². The molecule has 0 aromatic rings. The van der Waals surface area contributed by atoms with Crippen LogP contribution in [0.4, 0.5) is 0 Å². The van der Waals surface area contributed by atoms with Crippen molar-refractivity contribution in [1.29, 1.82) is 0 Å². The first-order valence-electron chi connectivity index (χ1n) is 11.4. The predicted octanol–water partition coefficient (Wildman–Crippen LogP) is 1.04. The fourth-order valence-corrected chi connectivity index (χ4v) is 5.52. The highest BCUT2D eigenvalue weighted by Gasteiger charge is 2.72. The van der Waals surface area contributed by atoms with Crippen LogP contribution in [0.5, 0.6) is 0 Å². The Kier molecular flexibility index (Phi) is 6.21. The number of unbranched alkanes of at least 4 members (excludes halogenated alkanes) is 2. The van der Waals surface area contributed by atoms with Gasteiger partial charge in [-0.1, -0.05) is 44.9 Å². The van der Waals surface area contributed by atoms with Gasteiger partial charge < -0.3 is 24.4 Å². The first-order chi connectivity index (χ1) is 15.0. The normalized spacial score (nSPS) is 35.4. The summed E-state index contributed by atoms with van der Waals surface area (Å²) in [6.07, 6.45) is 10.00. The van der Waals surface area contributed by atoms with Gasteiger partial charge in [-0.2, -0.15) is 0 Å². The fourth-order valence-electron chi connectivity index (χ4n) is 5.52. The Bertz CT molecular complexity index is 791. The summed E-state index contributed by atoms with van der Waals surface area (Å²) in [6, 6.07) is -1.43. The van der Waals surface area contributed by atoms with Gasteiger partial charge in [-0.3, -0.25) is 14.4 Å². The predicted molar refractivity (Wildman–Crippen MR) is 112 cm³/mol. The molecule has 0 bridgehead atoms. The Morgan fingerprint density at radius 3 is 2.71 bits per heavy atom. The van der Waals surface area contributed by atoms with Gasteiger partial charge in [-0.25, -0.2) is 0 Å². The van der Waals surface area contributed by atoms with Gasteiger partial charge in [0.15, 0.2) is 0 Å². The molecule has 4 aliphatic heterocycles. The molecule has 31 heavy (non-hydrogen) atoms. The molecule has 8 heteroatoms. The Morgan fingerprint density at radius 1 is 1.19 bits per heavy atom. The van der Waals surface area contributed by atoms with Gasteiger partial charge in [0.25, 0.3) is 0 Å². The second kappa shape index (κ2) is 8.74. The topological polar surface area (TPSA) is 96.4 Å². The number of esters is 1. The van der Waals surface area contributed by atoms with E-state index in [2.05, 4.69) is 6.92 Å². The summed E-state index contributed by atoms with van der Waals surface area (Å²) in [7, 11) is 0. The first-order valence-corrected chi connectivity index (χ1v) is 11.4. The van der Waals surface area contributed by atoms with Crippen molar-refractivity contribution in [3.63, 3.8) is 0 Å². The Labute approximate surface area is 182 Å². The summed E-state index contributed by atoms with van der Waals surface area (Å²) in [6.45, 7) is 4.90. The van der Waals surface area contributed by atoms with Gasteiger partial charge in [0.05, 0.1) is 24.7 Å². The summed E-state index contributed by atoms with van der Waals surface area (Å²) in [5, 5.41) is 10.0. The van der Waals surface area contributed by atoms with E-state index in [-0.39, 0.29) is 25.0 Å². The van der Waals surface area contributed by atoms with E-state index in [0.717, 1.165) is 19.3 Å². The zero-order valence-corrected chi connectivity index (χ0v) is 18.2. The SMILES string of the molecule is CCCCCN1CC=C[C@]23O[C@@H]4C=CCOC(=O)[C@@H]4[C@H]2C(=O)N([C@@H](CC)CO)C3C1=O. The average Bonchev–Trinajstić information content (AvgIpc) is 3.06. The maximum Gasteiger partial charge on any atom is 0.313 e. The highest BCUT2D eigenvalue weighted by atomic mass is 16.6. The van der Waals surface area contributed by atoms with Crippen LogP contribution in [-0.4, -0.2) is 82.8 Å². The van der Waals surface area contributed by atoms with Crippen LogP contribution in [-0.2, 0) is 23.9 Å². The largest absolute Gasteiger partial charge is 0.461 e. The summed E-state index contributed by atoms with van der Waals surface area (Å²) >= 11 is 0. The molecule has 1 N–H and O–H groups in total. The third-order valence-electron chi connectivity index (χ3n) is 7.04. The number of fused-ring (bicyclic) bond motifs is 2. The maximum absolute atomic E-state index is 13.8. The number of carbonyl (C=O) groups excluding carboxylic acids is 3. The summed E-state index contributed by atoms with van der Waals surface area (Å²) in [5.74, 6) is -2.64. The van der Waals surface area contributed by atoms with Crippen LogP contribution in [0.2, 0.25) is 0 Å². The van der Waals surface area contributed by atoms with Crippen LogP contribution in [0.25, 0.3) is 0 Å². The number of rotatable bonds is 7. The molecule has 170 valence electrons. The van der Waals surface area contributed by atoms with E-state index < -0.39 is 41.6 Å². The molecule has 0 saturated carbocycles. The van der Waals surface area contributed by atoms with Gasteiger partial charge in [0.1, 0.15) is 24.2 Å². The maximum atomic E-state index is 13.8. The van der Waals surface area contributed by atoms with Crippen LogP contribution in [0, 0.1) is 11.8 Å². The fraction of sp³-hybridized carbons (Fsp3) is 0.696. The van der Waals surface area contributed by atoms with Gasteiger partial charge in [0.2, 0.25) is 11.8 Å². The van der Waals surface area contributed by atoms with Crippen molar-refractivity contribution in [3.05, 3.63) is 24.3 Å². The van der Waals surface area contributed by atoms with Crippen molar-refractivity contribution in [3.8, 4) is 0 Å². The molecular weight excluding hydrogens is 400 g/mol. The number of aliphatic hydroxyl groups excluding tert-OH is 1. The van der Waals surface area contributed by atoms with Gasteiger partial charge >= 0.3 is 5.97 Å². The Morgan fingerprint density at radius 2 is 2.00 bits per heavy atom. The van der Waals surface area contributed by atoms with Crippen LogP contribution in [0.1, 0.15) is 39.5 Å². The van der Waals surface area contributed by atoms with Crippen LogP contribution < -0.4 is 0 Å². The zero-order chi connectivity index (χ0) is 22.2. The molecule has 8 nitrogen and oxygen atoms in total. The van der Waals surface area contributed by atoms with Gasteiger partial charge in [0, 0.05) is 13.1 Å². The molecule has 0 aromatic heterocycles. The highest BCUT2D eigenvalue weighted by molar-refractivity contribution is 5.99. The van der Waals surface area contributed by atoms with Crippen molar-refractivity contribution >= 4 is 17.8 Å². The molecule has 2 saturated heterocycles. The number of amides is 2. The van der Waals surface area contributed by atoms with Crippen LogP contribution >= 0.6 is 0 Å². The molecule has 4 aliphatic rings. The molecule has 0 aromatic carbocycles. The van der Waals surface area contributed by atoms with E-state index in [1.54, 1.807) is 17.1 Å². The lowest BCUT2D eigenvalue weighted by Gasteiger charge is -2.38. The molecule has 2 amide bonds. The van der Waals surface area contributed by atoms with Crippen molar-refractivity contribution in [2.45, 2.75) is 63.3 Å². The number of cyclic esters (lactones) is 1. The third kappa shape index (κ3) is 3.40. The number of likely N-dealkylation sites (tertiary alicyclic amines) is 1. The van der Waals surface area contributed by atoms with E-state index in [1.807, 2.05) is 19.1 Å². The monoisotopic (exact) mass is 432 g/mol. The standard InChI is InChI=1S/C23H32N2O6/c1-3-5-6-11-24-12-8-10-23-18(17-16(31-23)9-7-13-30-22(17)29)20(27)25(15(4-2)14-26)19(23)21(24)28/h7-10,15-19,26H,3-6,11-14H2,1-2H3/t15-,16+,17-,18-,19?,23-/m0/s1. The number of aliphatic hydroxyl groups is 1. The Balaban J connectivity index is 1.78. The van der Waals surface area contributed by atoms with Crippen molar-refractivity contribution in [1.82, 2.24) is 9.80 Å². The Hall–Kier alpha value is -2.19. The van der Waals surface area contributed by atoms with Gasteiger partial charge in [-0.15, -0.1) is 0 Å². The number of ether oxygens (including phenoxy) is 2. The molecule has 4 heterocycles. The zero-order valence-electron chi connectivity index (χ0n) is 18.2. The smallest absolute Gasteiger partial charge is 0.313 e. The second-order valence-electron chi connectivity index (χ2n) is 8.78. The number of nitrogens with zero attached hydrogens (tertiary/aromatic N) is 2. The van der Waals surface area contributed by atoms with Crippen molar-refractivity contribution < 1.29 is 29.0 Å². The number of hydrogen-bond acceptors (Lipinski definition) is 6. The van der Waals surface area contributed by atoms with E-state index in [1.165, 1.54) is 4.90 Å². The third-order valence-corrected chi connectivity index (χ3v) is 7.04. The average molecular weight is 433 g/mol. The van der Waals surface area contributed by atoms with Crippen molar-refractivity contribution in [2.24, 2.45) is 11.8 Å². The minimum atomic E-state index is -1.24. The minimum absolute atomic E-state index is 0.143. The molecular formula is C23H32N2O6. The molecule has 1 spiro atoms. The molecule has 0 aliphatic carbocycles. The first kappa shape index (κ1) is 22.0. The molecule has 1 unspecified atom stereocenters. The van der Waals surface area contributed by atoms with E-state index in [4.69, 9.17) is 9.47 Å². The number of hydrogen-bond donors (Lipinski definition) is 1. The number of carbonyl (C=O) groups is 3. The lowest BCUT2D eigenvalue weighted by molar-refractivity contribution is -0.155. The minimum Gasteiger partial charge on any atom is -0.461 e. The van der Waals surface area contributed by atoms with Crippen LogP contribution in [0.15, 0.2) is 24.3 Å². The molecule has 4 rings (SSSR count). The summed E-state index contributed by atoms with van der Waals surface area (Å²) in [5.41, 5.74) is -1.24. The lowest BCUT2D eigenvalue weighted by Crippen LogP contribution is -2.58. The molecule has 2 fully saturated rings.